The van der Waals surface area contributed by atoms with Gasteiger partial charge in [0, 0.05) is 15.7 Å². The highest BCUT2D eigenvalue weighted by molar-refractivity contribution is 9.10. The van der Waals surface area contributed by atoms with Crippen molar-refractivity contribution in [2.24, 2.45) is 0 Å². The first-order chi connectivity index (χ1) is 12.1. The zero-order valence-electron chi connectivity index (χ0n) is 13.5. The van der Waals surface area contributed by atoms with Crippen molar-refractivity contribution in [3.63, 3.8) is 0 Å². The van der Waals surface area contributed by atoms with Crippen LogP contribution in [0.2, 0.25) is 0 Å². The van der Waals surface area contributed by atoms with E-state index in [-0.39, 0.29) is 5.91 Å². The minimum Gasteiger partial charge on any atom is -0.497 e. The minimum atomic E-state index is -0.219. The summed E-state index contributed by atoms with van der Waals surface area (Å²) in [5.41, 5.74) is 2.34. The zero-order valence-corrected chi connectivity index (χ0v) is 15.1. The summed E-state index contributed by atoms with van der Waals surface area (Å²) in [4.78, 5) is 16.5. The van der Waals surface area contributed by atoms with Gasteiger partial charge in [0.15, 0.2) is 0 Å². The van der Waals surface area contributed by atoms with Crippen LogP contribution in [-0.4, -0.2) is 18.0 Å². The minimum absolute atomic E-state index is 0.219. The number of nitrogens with zero attached hydrogens (tertiary/aromatic N) is 1. The number of hydrogen-bond acceptors (Lipinski definition) is 4. The molecular weight excluding hydrogens is 382 g/mol. The summed E-state index contributed by atoms with van der Waals surface area (Å²) in [5, 5.41) is 6.02. The van der Waals surface area contributed by atoms with Gasteiger partial charge in [0.05, 0.1) is 19.0 Å². The lowest BCUT2D eigenvalue weighted by molar-refractivity contribution is 0.102. The first-order valence-electron chi connectivity index (χ1n) is 7.58. The van der Waals surface area contributed by atoms with Gasteiger partial charge in [-0.2, -0.15) is 0 Å². The number of amides is 1. The molecule has 0 aliphatic rings. The number of pyridine rings is 1. The van der Waals surface area contributed by atoms with Gasteiger partial charge in [-0.1, -0.05) is 15.9 Å². The molecule has 0 saturated heterocycles. The fourth-order valence-corrected chi connectivity index (χ4v) is 2.44. The van der Waals surface area contributed by atoms with E-state index in [0.29, 0.717) is 17.1 Å². The van der Waals surface area contributed by atoms with E-state index in [2.05, 4.69) is 31.5 Å². The lowest BCUT2D eigenvalue weighted by atomic mass is 10.2. The van der Waals surface area contributed by atoms with Gasteiger partial charge in [0.2, 0.25) is 0 Å². The Hall–Kier alpha value is -2.86. The van der Waals surface area contributed by atoms with Gasteiger partial charge >= 0.3 is 0 Å². The lowest BCUT2D eigenvalue weighted by Crippen LogP contribution is -2.12. The number of aromatic nitrogens is 1. The van der Waals surface area contributed by atoms with Crippen LogP contribution in [0.3, 0.4) is 0 Å². The average Bonchev–Trinajstić information content (AvgIpc) is 2.65. The predicted octanol–water partition coefficient (Wildman–Crippen LogP) is 4.85. The third kappa shape index (κ3) is 4.58. The number of hydrogen-bond donors (Lipinski definition) is 2. The molecule has 0 fully saturated rings. The number of carbonyl (C=O) groups is 1. The number of halogens is 1. The summed E-state index contributed by atoms with van der Waals surface area (Å²) in [6.45, 7) is 0. The second-order valence-corrected chi connectivity index (χ2v) is 6.16. The van der Waals surface area contributed by atoms with Gasteiger partial charge in [-0.25, -0.2) is 4.98 Å². The summed E-state index contributed by atoms with van der Waals surface area (Å²) < 4.78 is 6.10. The number of rotatable bonds is 5. The molecule has 0 saturated carbocycles. The van der Waals surface area contributed by atoms with Gasteiger partial charge < -0.3 is 15.4 Å². The van der Waals surface area contributed by atoms with E-state index >= 15 is 0 Å². The Morgan fingerprint density at radius 3 is 2.24 bits per heavy atom. The maximum Gasteiger partial charge on any atom is 0.256 e. The smallest absolute Gasteiger partial charge is 0.256 e. The molecule has 0 aliphatic heterocycles. The SMILES string of the molecule is COc1ccc(C(=O)Nc2ccc(Nc3ccc(Br)cc3)cn2)cc1. The first kappa shape index (κ1) is 17.0. The van der Waals surface area contributed by atoms with E-state index < -0.39 is 0 Å². The molecular formula is C19H16BrN3O2. The second kappa shape index (κ2) is 7.81. The van der Waals surface area contributed by atoms with Crippen LogP contribution in [0.4, 0.5) is 17.2 Å². The van der Waals surface area contributed by atoms with E-state index in [1.54, 1.807) is 43.6 Å². The molecule has 25 heavy (non-hydrogen) atoms. The van der Waals surface area contributed by atoms with Crippen LogP contribution in [0.5, 0.6) is 5.75 Å². The van der Waals surface area contributed by atoms with Crippen LogP contribution in [-0.2, 0) is 0 Å². The Kier molecular flexibility index (Phi) is 5.30. The monoisotopic (exact) mass is 397 g/mol. The third-order valence-corrected chi connectivity index (χ3v) is 4.02. The van der Waals surface area contributed by atoms with Crippen molar-refractivity contribution in [3.8, 4) is 5.75 Å². The molecule has 3 rings (SSSR count). The molecule has 1 amide bonds. The normalized spacial score (nSPS) is 10.2. The first-order valence-corrected chi connectivity index (χ1v) is 8.37. The van der Waals surface area contributed by atoms with Crippen LogP contribution in [0, 0.1) is 0 Å². The molecule has 2 N–H and O–H groups in total. The highest BCUT2D eigenvalue weighted by Crippen LogP contribution is 2.20. The topological polar surface area (TPSA) is 63.2 Å². The van der Waals surface area contributed by atoms with Crippen LogP contribution in [0.25, 0.3) is 0 Å². The molecule has 3 aromatic rings. The van der Waals surface area contributed by atoms with Crippen LogP contribution in [0.15, 0.2) is 71.3 Å². The van der Waals surface area contributed by atoms with Crippen molar-refractivity contribution < 1.29 is 9.53 Å². The number of benzene rings is 2. The summed E-state index contributed by atoms with van der Waals surface area (Å²) in [5.74, 6) is 0.976. The van der Waals surface area contributed by atoms with Crippen molar-refractivity contribution >= 4 is 39.0 Å². The maximum absolute atomic E-state index is 12.2. The van der Waals surface area contributed by atoms with Crippen molar-refractivity contribution in [1.82, 2.24) is 4.98 Å². The fraction of sp³-hybridized carbons (Fsp3) is 0.0526. The molecule has 0 unspecified atom stereocenters. The Labute approximate surface area is 154 Å². The summed E-state index contributed by atoms with van der Waals surface area (Å²) in [6, 6.07) is 18.4. The predicted molar refractivity (Wildman–Crippen MR) is 103 cm³/mol. The molecule has 0 radical (unpaired) electrons. The molecule has 2 aromatic carbocycles. The molecule has 6 heteroatoms. The van der Waals surface area contributed by atoms with E-state index in [1.807, 2.05) is 30.3 Å². The maximum atomic E-state index is 12.2. The fourth-order valence-electron chi connectivity index (χ4n) is 2.17. The molecule has 126 valence electrons. The van der Waals surface area contributed by atoms with Gasteiger partial charge in [-0.15, -0.1) is 0 Å². The highest BCUT2D eigenvalue weighted by Gasteiger charge is 2.07. The van der Waals surface area contributed by atoms with Crippen molar-refractivity contribution in [1.29, 1.82) is 0 Å². The highest BCUT2D eigenvalue weighted by atomic mass is 79.9. The van der Waals surface area contributed by atoms with Crippen LogP contribution >= 0.6 is 15.9 Å². The summed E-state index contributed by atoms with van der Waals surface area (Å²) in [7, 11) is 1.59. The quantitative estimate of drug-likeness (QED) is 0.645. The third-order valence-electron chi connectivity index (χ3n) is 3.49. The molecule has 1 heterocycles. The van der Waals surface area contributed by atoms with E-state index in [1.165, 1.54) is 0 Å². The number of anilines is 3. The Balaban J connectivity index is 1.63. The lowest BCUT2D eigenvalue weighted by Gasteiger charge is -2.08. The van der Waals surface area contributed by atoms with E-state index in [4.69, 9.17) is 4.74 Å². The standard InChI is InChI=1S/C19H16BrN3O2/c1-25-17-9-2-13(3-10-17)19(24)23-18-11-8-16(12-21-18)22-15-6-4-14(20)5-7-15/h2-12,22H,1H3,(H,21,23,24). The van der Waals surface area contributed by atoms with Gasteiger partial charge in [0.1, 0.15) is 11.6 Å². The number of ether oxygens (including phenoxy) is 1. The van der Waals surface area contributed by atoms with Crippen molar-refractivity contribution in [2.75, 3.05) is 17.7 Å². The van der Waals surface area contributed by atoms with Crippen molar-refractivity contribution in [3.05, 3.63) is 76.9 Å². The van der Waals surface area contributed by atoms with Gasteiger partial charge in [0.25, 0.3) is 5.91 Å². The summed E-state index contributed by atoms with van der Waals surface area (Å²) in [6.07, 6.45) is 1.67. The zero-order chi connectivity index (χ0) is 17.6. The van der Waals surface area contributed by atoms with Gasteiger partial charge in [-0.3, -0.25) is 4.79 Å². The Bertz CT molecular complexity index is 847. The average molecular weight is 398 g/mol. The molecule has 0 bridgehead atoms. The van der Waals surface area contributed by atoms with Gasteiger partial charge in [-0.05, 0) is 60.7 Å². The molecule has 1 aromatic heterocycles. The molecule has 5 nitrogen and oxygen atoms in total. The number of carbonyl (C=O) groups excluding carboxylic acids is 1. The van der Waals surface area contributed by atoms with Crippen LogP contribution in [0.1, 0.15) is 10.4 Å². The second-order valence-electron chi connectivity index (χ2n) is 5.25. The largest absolute Gasteiger partial charge is 0.497 e. The van der Waals surface area contributed by atoms with Crippen molar-refractivity contribution in [2.45, 2.75) is 0 Å². The number of nitrogens with one attached hydrogen (secondary N) is 2. The number of methoxy groups -OCH3 is 1. The Morgan fingerprint density at radius 1 is 0.960 bits per heavy atom. The molecule has 0 spiro atoms. The molecule has 0 aliphatic carbocycles. The van der Waals surface area contributed by atoms with E-state index in [0.717, 1.165) is 15.8 Å². The Morgan fingerprint density at radius 2 is 1.64 bits per heavy atom. The van der Waals surface area contributed by atoms with Crippen LogP contribution < -0.4 is 15.4 Å². The van der Waals surface area contributed by atoms with E-state index in [9.17, 15) is 4.79 Å². The molecule has 0 atom stereocenters. The summed E-state index contributed by atoms with van der Waals surface area (Å²) >= 11 is 3.40.